The topological polar surface area (TPSA) is 53.4 Å². The van der Waals surface area contributed by atoms with Gasteiger partial charge in [0, 0.05) is 12.6 Å². The fraction of sp³-hybridized carbons (Fsp3) is 0.286. The van der Waals surface area contributed by atoms with Gasteiger partial charge in [0.25, 0.3) is 5.91 Å². The van der Waals surface area contributed by atoms with E-state index in [0.717, 1.165) is 11.3 Å². The number of carbonyl (C=O) groups excluding carboxylic acids is 1. The quantitative estimate of drug-likeness (QED) is 0.937. The Morgan fingerprint density at radius 2 is 2.11 bits per heavy atom. The van der Waals surface area contributed by atoms with Crippen molar-refractivity contribution in [3.8, 4) is 5.75 Å². The number of phenols is 1. The van der Waals surface area contributed by atoms with E-state index in [1.54, 1.807) is 29.6 Å². The molecule has 1 aromatic heterocycles. The van der Waals surface area contributed by atoms with Crippen molar-refractivity contribution in [1.29, 1.82) is 0 Å². The Kier molecular flexibility index (Phi) is 3.85. The number of amides is 1. The van der Waals surface area contributed by atoms with Gasteiger partial charge in [0.1, 0.15) is 10.6 Å². The molecule has 1 aromatic carbocycles. The molecule has 0 saturated heterocycles. The number of aromatic nitrogens is 1. The Balaban J connectivity index is 2.25. The normalized spacial score (nSPS) is 12.2. The highest BCUT2D eigenvalue weighted by Crippen LogP contribution is 2.28. The van der Waals surface area contributed by atoms with Crippen molar-refractivity contribution >= 4 is 17.2 Å². The average Bonchev–Trinajstić information content (AvgIpc) is 2.83. The van der Waals surface area contributed by atoms with Gasteiger partial charge in [0.15, 0.2) is 0 Å². The molecule has 0 aliphatic heterocycles. The van der Waals surface area contributed by atoms with Crippen LogP contribution < -0.4 is 0 Å². The number of nitrogens with zero attached hydrogens (tertiary/aromatic N) is 2. The van der Waals surface area contributed by atoms with Crippen molar-refractivity contribution in [2.24, 2.45) is 0 Å². The van der Waals surface area contributed by atoms with Gasteiger partial charge in [-0.25, -0.2) is 4.98 Å². The first kappa shape index (κ1) is 13.5. The summed E-state index contributed by atoms with van der Waals surface area (Å²) >= 11 is 1.34. The van der Waals surface area contributed by atoms with Crippen molar-refractivity contribution in [3.63, 3.8) is 0 Å². The summed E-state index contributed by atoms with van der Waals surface area (Å²) < 4.78 is 0. The summed E-state index contributed by atoms with van der Waals surface area (Å²) in [5.74, 6) is 0.131. The standard InChI is InChI=1S/C14H16N2O2S/c1-9-13(19-8-15-9)14(18)16(3)10(2)11-6-4-5-7-12(11)17/h4-8,10,17H,1-3H3. The molecule has 0 aliphatic carbocycles. The summed E-state index contributed by atoms with van der Waals surface area (Å²) in [6, 6.07) is 6.86. The van der Waals surface area contributed by atoms with Crippen molar-refractivity contribution in [2.75, 3.05) is 7.05 Å². The Morgan fingerprint density at radius 3 is 2.68 bits per heavy atom. The average molecular weight is 276 g/mol. The number of carbonyl (C=O) groups is 1. The second kappa shape index (κ2) is 5.40. The van der Waals surface area contributed by atoms with Crippen LogP contribution in [0.5, 0.6) is 5.75 Å². The molecule has 1 N–H and O–H groups in total. The molecule has 0 aliphatic rings. The Morgan fingerprint density at radius 1 is 1.42 bits per heavy atom. The summed E-state index contributed by atoms with van der Waals surface area (Å²) in [4.78, 5) is 18.7. The zero-order chi connectivity index (χ0) is 14.0. The Labute approximate surface area is 116 Å². The molecule has 2 aromatic rings. The molecule has 0 radical (unpaired) electrons. The molecule has 19 heavy (non-hydrogen) atoms. The number of hydrogen-bond donors (Lipinski definition) is 1. The molecule has 4 nitrogen and oxygen atoms in total. The lowest BCUT2D eigenvalue weighted by Crippen LogP contribution is -2.29. The molecule has 100 valence electrons. The maximum absolute atomic E-state index is 12.4. The minimum absolute atomic E-state index is 0.0734. The van der Waals surface area contributed by atoms with E-state index in [1.807, 2.05) is 26.0 Å². The van der Waals surface area contributed by atoms with Crippen LogP contribution in [0, 0.1) is 6.92 Å². The van der Waals surface area contributed by atoms with E-state index in [0.29, 0.717) is 4.88 Å². The van der Waals surface area contributed by atoms with Crippen molar-refractivity contribution in [1.82, 2.24) is 9.88 Å². The number of hydrogen-bond acceptors (Lipinski definition) is 4. The summed E-state index contributed by atoms with van der Waals surface area (Å²) in [5, 5.41) is 9.85. The van der Waals surface area contributed by atoms with Crippen molar-refractivity contribution in [3.05, 3.63) is 45.9 Å². The number of thiazole rings is 1. The summed E-state index contributed by atoms with van der Waals surface area (Å²) in [5.41, 5.74) is 3.15. The second-order valence-electron chi connectivity index (χ2n) is 4.42. The fourth-order valence-corrected chi connectivity index (χ4v) is 2.68. The molecule has 1 atom stereocenters. The van der Waals surface area contributed by atoms with E-state index in [4.69, 9.17) is 0 Å². The first-order valence-electron chi connectivity index (χ1n) is 5.97. The van der Waals surface area contributed by atoms with Crippen molar-refractivity contribution in [2.45, 2.75) is 19.9 Å². The lowest BCUT2D eigenvalue weighted by molar-refractivity contribution is 0.0745. The summed E-state index contributed by atoms with van der Waals surface area (Å²) in [6.45, 7) is 3.71. The number of rotatable bonds is 3. The van der Waals surface area contributed by atoms with Gasteiger partial charge in [-0.2, -0.15) is 0 Å². The highest BCUT2D eigenvalue weighted by Gasteiger charge is 2.23. The van der Waals surface area contributed by atoms with Gasteiger partial charge in [-0.3, -0.25) is 4.79 Å². The van der Waals surface area contributed by atoms with Crippen LogP contribution in [0.1, 0.15) is 33.9 Å². The number of aromatic hydroxyl groups is 1. The fourth-order valence-electron chi connectivity index (χ4n) is 1.89. The van der Waals surface area contributed by atoms with Crippen LogP contribution in [0.2, 0.25) is 0 Å². The molecule has 0 bridgehead atoms. The lowest BCUT2D eigenvalue weighted by Gasteiger charge is -2.25. The first-order chi connectivity index (χ1) is 9.02. The molecule has 1 amide bonds. The molecule has 5 heteroatoms. The van der Waals surface area contributed by atoms with E-state index in [-0.39, 0.29) is 17.7 Å². The van der Waals surface area contributed by atoms with Gasteiger partial charge in [-0.1, -0.05) is 18.2 Å². The number of benzene rings is 1. The third kappa shape index (κ3) is 2.61. The zero-order valence-corrected chi connectivity index (χ0v) is 11.9. The molecule has 0 fully saturated rings. The smallest absolute Gasteiger partial charge is 0.266 e. The summed E-state index contributed by atoms with van der Waals surface area (Å²) in [6.07, 6.45) is 0. The molecule has 1 heterocycles. The lowest BCUT2D eigenvalue weighted by atomic mass is 10.1. The van der Waals surface area contributed by atoms with Gasteiger partial charge < -0.3 is 10.0 Å². The zero-order valence-electron chi connectivity index (χ0n) is 11.1. The van der Waals surface area contributed by atoms with Gasteiger partial charge in [-0.05, 0) is 19.9 Å². The van der Waals surface area contributed by atoms with Crippen molar-refractivity contribution < 1.29 is 9.90 Å². The number of para-hydroxylation sites is 1. The van der Waals surface area contributed by atoms with Crippen LogP contribution in [-0.4, -0.2) is 27.9 Å². The Hall–Kier alpha value is -1.88. The third-order valence-corrected chi connectivity index (χ3v) is 4.14. The van der Waals surface area contributed by atoms with Crippen LogP contribution in [-0.2, 0) is 0 Å². The molecule has 0 spiro atoms. The molecule has 2 rings (SSSR count). The van der Waals surface area contributed by atoms with Crippen LogP contribution in [0.25, 0.3) is 0 Å². The van der Waals surface area contributed by atoms with Crippen LogP contribution in [0.3, 0.4) is 0 Å². The number of phenolic OH excluding ortho intramolecular Hbond substituents is 1. The van der Waals surface area contributed by atoms with E-state index >= 15 is 0 Å². The summed E-state index contributed by atoms with van der Waals surface area (Å²) in [7, 11) is 1.73. The van der Waals surface area contributed by atoms with Gasteiger partial charge in [0.2, 0.25) is 0 Å². The monoisotopic (exact) mass is 276 g/mol. The number of aryl methyl sites for hydroxylation is 1. The van der Waals surface area contributed by atoms with Gasteiger partial charge in [0.05, 0.1) is 17.2 Å². The van der Waals surface area contributed by atoms with Crippen LogP contribution in [0.15, 0.2) is 29.8 Å². The maximum atomic E-state index is 12.4. The molecular weight excluding hydrogens is 260 g/mol. The van der Waals surface area contributed by atoms with Gasteiger partial charge >= 0.3 is 0 Å². The van der Waals surface area contributed by atoms with Gasteiger partial charge in [-0.15, -0.1) is 11.3 Å². The Bertz CT molecular complexity index is 595. The third-order valence-electron chi connectivity index (χ3n) is 3.23. The minimum atomic E-state index is -0.199. The SMILES string of the molecule is Cc1ncsc1C(=O)N(C)C(C)c1ccccc1O. The largest absolute Gasteiger partial charge is 0.508 e. The highest BCUT2D eigenvalue weighted by molar-refractivity contribution is 7.11. The van der Waals surface area contributed by atoms with E-state index in [2.05, 4.69) is 4.98 Å². The molecular formula is C14H16N2O2S. The molecule has 0 saturated carbocycles. The second-order valence-corrected chi connectivity index (χ2v) is 5.27. The minimum Gasteiger partial charge on any atom is -0.508 e. The van der Waals surface area contributed by atoms with E-state index in [9.17, 15) is 9.90 Å². The van der Waals surface area contributed by atoms with Crippen LogP contribution in [0.4, 0.5) is 0 Å². The predicted octanol–water partition coefficient (Wildman–Crippen LogP) is 2.99. The van der Waals surface area contributed by atoms with Crippen LogP contribution >= 0.6 is 11.3 Å². The first-order valence-corrected chi connectivity index (χ1v) is 6.85. The molecule has 1 unspecified atom stereocenters. The predicted molar refractivity (Wildman–Crippen MR) is 75.5 cm³/mol. The maximum Gasteiger partial charge on any atom is 0.266 e. The van der Waals surface area contributed by atoms with E-state index in [1.165, 1.54) is 11.3 Å². The highest BCUT2D eigenvalue weighted by atomic mass is 32.1. The van der Waals surface area contributed by atoms with E-state index < -0.39 is 0 Å².